The van der Waals surface area contributed by atoms with Gasteiger partial charge in [-0.1, -0.05) is 72.8 Å². The molecule has 3 aromatic carbocycles. The van der Waals surface area contributed by atoms with Crippen molar-refractivity contribution >= 4 is 23.4 Å². The van der Waals surface area contributed by atoms with Crippen molar-refractivity contribution in [3.63, 3.8) is 0 Å². The van der Waals surface area contributed by atoms with Gasteiger partial charge in [0.05, 0.1) is 11.9 Å². The lowest BCUT2D eigenvalue weighted by Crippen LogP contribution is -2.15. The summed E-state index contributed by atoms with van der Waals surface area (Å²) in [6.07, 6.45) is -0.556. The summed E-state index contributed by atoms with van der Waals surface area (Å²) in [5.74, 6) is 0.733. The van der Waals surface area contributed by atoms with E-state index in [9.17, 15) is 9.90 Å². The fourth-order valence-corrected chi connectivity index (χ4v) is 3.40. The Morgan fingerprint density at radius 1 is 0.846 bits per heavy atom. The van der Waals surface area contributed by atoms with Crippen LogP contribution < -0.4 is 5.32 Å². The van der Waals surface area contributed by atoms with Crippen LogP contribution in [0, 0.1) is 0 Å². The number of hydrogen-bond acceptors (Lipinski definition) is 3. The highest BCUT2D eigenvalue weighted by atomic mass is 32.2. The van der Waals surface area contributed by atoms with Crippen LogP contribution in [0.2, 0.25) is 0 Å². The van der Waals surface area contributed by atoms with E-state index >= 15 is 0 Å². The molecule has 0 saturated carbocycles. The number of anilines is 1. The minimum atomic E-state index is -0.556. The molecular formula is C22H21NO2S. The first-order chi connectivity index (χ1) is 12.7. The lowest BCUT2D eigenvalue weighted by molar-refractivity contribution is -0.113. The fourth-order valence-electron chi connectivity index (χ4n) is 2.61. The number of carbonyl (C=O) groups excluding carboxylic acids is 1. The summed E-state index contributed by atoms with van der Waals surface area (Å²) in [6.45, 7) is 0. The first-order valence-electron chi connectivity index (χ1n) is 8.48. The molecule has 0 aromatic heterocycles. The number of aliphatic hydroxyl groups excluding tert-OH is 1. The van der Waals surface area contributed by atoms with Gasteiger partial charge in [-0.25, -0.2) is 0 Å². The number of carbonyl (C=O) groups is 1. The van der Waals surface area contributed by atoms with E-state index < -0.39 is 6.10 Å². The topological polar surface area (TPSA) is 49.3 Å². The van der Waals surface area contributed by atoms with Crippen LogP contribution in [-0.4, -0.2) is 22.5 Å². The average molecular weight is 363 g/mol. The first kappa shape index (κ1) is 18.2. The molecular weight excluding hydrogens is 342 g/mol. The summed E-state index contributed by atoms with van der Waals surface area (Å²) in [7, 11) is 0. The Morgan fingerprint density at radius 3 is 2.08 bits per heavy atom. The van der Waals surface area contributed by atoms with Crippen LogP contribution in [0.25, 0.3) is 11.1 Å². The zero-order valence-corrected chi connectivity index (χ0v) is 15.2. The van der Waals surface area contributed by atoms with E-state index in [-0.39, 0.29) is 5.91 Å². The van der Waals surface area contributed by atoms with E-state index in [0.717, 1.165) is 22.4 Å². The second kappa shape index (κ2) is 9.22. The minimum absolute atomic E-state index is 0.0669. The number of hydrogen-bond donors (Lipinski definition) is 2. The minimum Gasteiger partial charge on any atom is -0.388 e. The molecule has 0 aliphatic heterocycles. The highest BCUT2D eigenvalue weighted by molar-refractivity contribution is 7.99. The molecule has 0 fully saturated rings. The molecule has 0 heterocycles. The van der Waals surface area contributed by atoms with Crippen LogP contribution in [0.1, 0.15) is 11.7 Å². The van der Waals surface area contributed by atoms with Crippen LogP contribution in [0.15, 0.2) is 84.9 Å². The van der Waals surface area contributed by atoms with E-state index in [2.05, 4.69) is 17.4 Å². The van der Waals surface area contributed by atoms with E-state index in [0.29, 0.717) is 11.5 Å². The number of thioether (sulfide) groups is 1. The Morgan fingerprint density at radius 2 is 1.42 bits per heavy atom. The van der Waals surface area contributed by atoms with Gasteiger partial charge in [0.15, 0.2) is 0 Å². The quantitative estimate of drug-likeness (QED) is 0.636. The molecule has 0 aliphatic rings. The molecule has 2 N–H and O–H groups in total. The van der Waals surface area contributed by atoms with Gasteiger partial charge in [-0.05, 0) is 28.8 Å². The molecule has 1 unspecified atom stereocenters. The summed E-state index contributed by atoms with van der Waals surface area (Å²) in [4.78, 5) is 12.1. The zero-order valence-electron chi connectivity index (χ0n) is 14.3. The van der Waals surface area contributed by atoms with Gasteiger partial charge in [-0.2, -0.15) is 0 Å². The standard InChI is InChI=1S/C22H21NO2S/c24-21(19-9-5-2-6-10-19)15-26-16-22(25)23-20-13-11-18(12-14-20)17-7-3-1-4-8-17/h1-14,21,24H,15-16H2,(H,23,25). The molecule has 0 radical (unpaired) electrons. The van der Waals surface area contributed by atoms with Gasteiger partial charge in [-0.15, -0.1) is 11.8 Å². The van der Waals surface area contributed by atoms with Gasteiger partial charge in [0.1, 0.15) is 0 Å². The third kappa shape index (κ3) is 5.22. The van der Waals surface area contributed by atoms with Gasteiger partial charge in [0.2, 0.25) is 5.91 Å². The number of rotatable bonds is 7. The number of amides is 1. The maximum atomic E-state index is 12.1. The van der Waals surface area contributed by atoms with Gasteiger partial charge in [0, 0.05) is 11.4 Å². The monoisotopic (exact) mass is 363 g/mol. The third-order valence-corrected chi connectivity index (χ3v) is 4.99. The molecule has 3 nitrogen and oxygen atoms in total. The maximum absolute atomic E-state index is 12.1. The molecule has 0 aliphatic carbocycles. The maximum Gasteiger partial charge on any atom is 0.234 e. The molecule has 1 amide bonds. The van der Waals surface area contributed by atoms with Crippen LogP contribution in [0.4, 0.5) is 5.69 Å². The van der Waals surface area contributed by atoms with Crippen LogP contribution in [0.5, 0.6) is 0 Å². The van der Waals surface area contributed by atoms with Crippen molar-refractivity contribution in [3.05, 3.63) is 90.5 Å². The van der Waals surface area contributed by atoms with Crippen molar-refractivity contribution in [1.29, 1.82) is 0 Å². The first-order valence-corrected chi connectivity index (χ1v) is 9.64. The lowest BCUT2D eigenvalue weighted by Gasteiger charge is -2.11. The molecule has 3 rings (SSSR count). The molecule has 0 spiro atoms. The third-order valence-electron chi connectivity index (χ3n) is 3.97. The fraction of sp³-hybridized carbons (Fsp3) is 0.136. The molecule has 0 saturated heterocycles. The van der Waals surface area contributed by atoms with Crippen molar-refractivity contribution in [2.75, 3.05) is 16.8 Å². The second-order valence-corrected chi connectivity index (χ2v) is 6.96. The predicted octanol–water partition coefficient (Wildman–Crippen LogP) is 4.76. The molecule has 1 atom stereocenters. The van der Waals surface area contributed by atoms with Crippen molar-refractivity contribution in [2.45, 2.75) is 6.10 Å². The average Bonchev–Trinajstić information content (AvgIpc) is 2.70. The summed E-state index contributed by atoms with van der Waals surface area (Å²) < 4.78 is 0. The smallest absolute Gasteiger partial charge is 0.234 e. The van der Waals surface area contributed by atoms with E-state index in [1.807, 2.05) is 72.8 Å². The number of nitrogens with one attached hydrogen (secondary N) is 1. The second-order valence-electron chi connectivity index (χ2n) is 5.93. The highest BCUT2D eigenvalue weighted by Gasteiger charge is 2.09. The largest absolute Gasteiger partial charge is 0.388 e. The SMILES string of the molecule is O=C(CSCC(O)c1ccccc1)Nc1ccc(-c2ccccc2)cc1. The van der Waals surface area contributed by atoms with E-state index in [4.69, 9.17) is 0 Å². The van der Waals surface area contributed by atoms with Gasteiger partial charge in [-0.3, -0.25) is 4.79 Å². The Kier molecular flexibility index (Phi) is 6.47. The lowest BCUT2D eigenvalue weighted by atomic mass is 10.1. The molecule has 26 heavy (non-hydrogen) atoms. The highest BCUT2D eigenvalue weighted by Crippen LogP contribution is 2.21. The summed E-state index contributed by atoms with van der Waals surface area (Å²) in [5.41, 5.74) is 3.91. The number of aliphatic hydroxyl groups is 1. The molecule has 3 aromatic rings. The van der Waals surface area contributed by atoms with E-state index in [1.165, 1.54) is 11.8 Å². The molecule has 0 bridgehead atoms. The zero-order chi connectivity index (χ0) is 18.2. The van der Waals surface area contributed by atoms with Gasteiger partial charge >= 0.3 is 0 Å². The predicted molar refractivity (Wildman–Crippen MR) is 109 cm³/mol. The van der Waals surface area contributed by atoms with Crippen LogP contribution in [-0.2, 0) is 4.79 Å². The summed E-state index contributed by atoms with van der Waals surface area (Å²) in [6, 6.07) is 27.4. The van der Waals surface area contributed by atoms with Gasteiger partial charge in [0.25, 0.3) is 0 Å². The Bertz CT molecular complexity index is 820. The van der Waals surface area contributed by atoms with Crippen molar-refractivity contribution in [1.82, 2.24) is 0 Å². The molecule has 132 valence electrons. The molecule has 4 heteroatoms. The summed E-state index contributed by atoms with van der Waals surface area (Å²) >= 11 is 1.42. The summed E-state index contributed by atoms with van der Waals surface area (Å²) in [5, 5.41) is 13.0. The Balaban J connectivity index is 1.46. The normalized spacial score (nSPS) is 11.7. The van der Waals surface area contributed by atoms with Crippen molar-refractivity contribution in [3.8, 4) is 11.1 Å². The number of benzene rings is 3. The van der Waals surface area contributed by atoms with Crippen molar-refractivity contribution in [2.24, 2.45) is 0 Å². The van der Waals surface area contributed by atoms with E-state index in [1.54, 1.807) is 0 Å². The Labute approximate surface area is 158 Å². The van der Waals surface area contributed by atoms with Crippen LogP contribution >= 0.6 is 11.8 Å². The van der Waals surface area contributed by atoms with Crippen molar-refractivity contribution < 1.29 is 9.90 Å². The Hall–Kier alpha value is -2.56. The van der Waals surface area contributed by atoms with Crippen LogP contribution in [0.3, 0.4) is 0 Å². The van der Waals surface area contributed by atoms with Gasteiger partial charge < -0.3 is 10.4 Å².